The number of benzene rings is 2. The average molecular weight is 410 g/mol. The second-order valence-electron chi connectivity index (χ2n) is 7.38. The van der Waals surface area contributed by atoms with Crippen LogP contribution in [0.2, 0.25) is 0 Å². The van der Waals surface area contributed by atoms with Gasteiger partial charge in [0.2, 0.25) is 5.91 Å². The minimum Gasteiger partial charge on any atom is -0.381 e. The molecule has 0 aliphatic carbocycles. The molecule has 2 aromatic rings. The van der Waals surface area contributed by atoms with E-state index >= 15 is 0 Å². The maximum absolute atomic E-state index is 14.0. The fourth-order valence-corrected chi connectivity index (χ4v) is 3.36. The lowest BCUT2D eigenvalue weighted by atomic mass is 9.90. The fourth-order valence-electron chi connectivity index (χ4n) is 3.36. The Morgan fingerprint density at radius 2 is 1.80 bits per heavy atom. The number of amides is 2. The number of carbonyl (C=O) groups is 2. The van der Waals surface area contributed by atoms with Gasteiger partial charge in [0.25, 0.3) is 5.91 Å². The van der Waals surface area contributed by atoms with E-state index in [-0.39, 0.29) is 11.5 Å². The van der Waals surface area contributed by atoms with E-state index in [2.05, 4.69) is 11.4 Å². The summed E-state index contributed by atoms with van der Waals surface area (Å²) in [4.78, 5) is 23.7. The summed E-state index contributed by atoms with van der Waals surface area (Å²) in [5, 5.41) is 12.2. The van der Waals surface area contributed by atoms with E-state index in [0.717, 1.165) is 11.1 Å². The Kier molecular flexibility index (Phi) is 6.45. The molecule has 0 radical (unpaired) electrons. The fraction of sp³-hybridized carbons (Fsp3) is 0.318. The normalized spacial score (nSPS) is 16.3. The molecule has 7 nitrogen and oxygen atoms in total. The van der Waals surface area contributed by atoms with Crippen LogP contribution in [0.3, 0.4) is 0 Å². The molecule has 1 aliphatic heterocycles. The molecule has 1 fully saturated rings. The standard InChI is InChI=1S/C22H23FN4O3/c23-19-12-16(5-6-18(19)20(25)28)15-3-1-14(2-4-15)11-17(13-24)27-21(29)22(26)7-9-30-10-8-22/h1-6,12,17H,7-11,26H2,(H2,25,28)(H,27,29)/t17-/m0/s1. The Morgan fingerprint density at radius 3 is 2.37 bits per heavy atom. The summed E-state index contributed by atoms with van der Waals surface area (Å²) >= 11 is 0. The Morgan fingerprint density at radius 1 is 1.17 bits per heavy atom. The number of halogens is 1. The number of nitrogens with one attached hydrogen (secondary N) is 1. The summed E-state index contributed by atoms with van der Waals surface area (Å²) in [5.41, 5.74) is 12.3. The van der Waals surface area contributed by atoms with Crippen LogP contribution in [0.5, 0.6) is 0 Å². The van der Waals surface area contributed by atoms with E-state index in [4.69, 9.17) is 16.2 Å². The summed E-state index contributed by atoms with van der Waals surface area (Å²) in [5.74, 6) is -1.85. The Hall–Kier alpha value is -3.28. The number of nitrogens with zero attached hydrogens (tertiary/aromatic N) is 1. The van der Waals surface area contributed by atoms with Gasteiger partial charge < -0.3 is 21.5 Å². The van der Waals surface area contributed by atoms with Crippen molar-refractivity contribution >= 4 is 11.8 Å². The second kappa shape index (κ2) is 9.03. The molecule has 2 aromatic carbocycles. The van der Waals surface area contributed by atoms with Gasteiger partial charge in [-0.05, 0) is 41.7 Å². The van der Waals surface area contributed by atoms with Gasteiger partial charge in [0.05, 0.1) is 17.2 Å². The van der Waals surface area contributed by atoms with Crippen molar-refractivity contribution in [2.24, 2.45) is 11.5 Å². The van der Waals surface area contributed by atoms with Gasteiger partial charge in [0.1, 0.15) is 11.9 Å². The highest BCUT2D eigenvalue weighted by Gasteiger charge is 2.36. The number of nitrogens with two attached hydrogens (primary N) is 2. The highest BCUT2D eigenvalue weighted by molar-refractivity contribution is 5.93. The molecule has 0 spiro atoms. The highest BCUT2D eigenvalue weighted by atomic mass is 19.1. The minimum atomic E-state index is -1.02. The zero-order valence-electron chi connectivity index (χ0n) is 16.4. The number of nitriles is 1. The van der Waals surface area contributed by atoms with Crippen molar-refractivity contribution in [3.8, 4) is 17.2 Å². The number of hydrogen-bond donors (Lipinski definition) is 3. The molecule has 1 heterocycles. The summed E-state index contributed by atoms with van der Waals surface area (Å²) in [6.07, 6.45) is 1.14. The maximum atomic E-state index is 14.0. The first kappa shape index (κ1) is 21.4. The third-order valence-electron chi connectivity index (χ3n) is 5.26. The van der Waals surface area contributed by atoms with Crippen LogP contribution in [0.25, 0.3) is 11.1 Å². The molecule has 1 aliphatic rings. The molecule has 156 valence electrons. The van der Waals surface area contributed by atoms with Crippen LogP contribution in [0.4, 0.5) is 4.39 Å². The molecule has 1 saturated heterocycles. The summed E-state index contributed by atoms with van der Waals surface area (Å²) in [6, 6.07) is 12.8. The topological polar surface area (TPSA) is 131 Å². The highest BCUT2D eigenvalue weighted by Crippen LogP contribution is 2.23. The predicted octanol–water partition coefficient (Wildman–Crippen LogP) is 1.65. The molecule has 0 aromatic heterocycles. The van der Waals surface area contributed by atoms with Crippen LogP contribution >= 0.6 is 0 Å². The van der Waals surface area contributed by atoms with Crippen LogP contribution < -0.4 is 16.8 Å². The van der Waals surface area contributed by atoms with E-state index in [9.17, 15) is 19.2 Å². The monoisotopic (exact) mass is 410 g/mol. The zero-order valence-corrected chi connectivity index (χ0v) is 16.4. The summed E-state index contributed by atoms with van der Waals surface area (Å²) < 4.78 is 19.2. The van der Waals surface area contributed by atoms with E-state index in [1.165, 1.54) is 12.1 Å². The van der Waals surface area contributed by atoms with E-state index in [1.54, 1.807) is 30.3 Å². The Balaban J connectivity index is 1.67. The number of rotatable bonds is 6. The van der Waals surface area contributed by atoms with Crippen molar-refractivity contribution in [2.75, 3.05) is 13.2 Å². The Labute approximate surface area is 173 Å². The van der Waals surface area contributed by atoms with Crippen molar-refractivity contribution < 1.29 is 18.7 Å². The molecular weight excluding hydrogens is 387 g/mol. The molecule has 5 N–H and O–H groups in total. The number of carbonyl (C=O) groups excluding carboxylic acids is 2. The third-order valence-corrected chi connectivity index (χ3v) is 5.26. The zero-order chi connectivity index (χ0) is 21.7. The quantitative estimate of drug-likeness (QED) is 0.666. The summed E-state index contributed by atoms with van der Waals surface area (Å²) in [7, 11) is 0. The van der Waals surface area contributed by atoms with Gasteiger partial charge in [-0.25, -0.2) is 4.39 Å². The Bertz CT molecular complexity index is 979. The summed E-state index contributed by atoms with van der Waals surface area (Å²) in [6.45, 7) is 0.841. The molecule has 0 bridgehead atoms. The minimum absolute atomic E-state index is 0.162. The maximum Gasteiger partial charge on any atom is 0.251 e. The number of hydrogen-bond acceptors (Lipinski definition) is 5. The third kappa shape index (κ3) is 4.82. The lowest BCUT2D eigenvalue weighted by Crippen LogP contribution is -2.58. The van der Waals surface area contributed by atoms with Crippen molar-refractivity contribution in [1.82, 2.24) is 5.32 Å². The van der Waals surface area contributed by atoms with Crippen LogP contribution in [0.1, 0.15) is 28.8 Å². The van der Waals surface area contributed by atoms with Gasteiger partial charge in [-0.1, -0.05) is 30.3 Å². The van der Waals surface area contributed by atoms with Gasteiger partial charge in [0.15, 0.2) is 0 Å². The molecule has 30 heavy (non-hydrogen) atoms. The van der Waals surface area contributed by atoms with Gasteiger partial charge in [0, 0.05) is 19.6 Å². The van der Waals surface area contributed by atoms with Gasteiger partial charge >= 0.3 is 0 Å². The van der Waals surface area contributed by atoms with Gasteiger partial charge in [-0.3, -0.25) is 9.59 Å². The van der Waals surface area contributed by atoms with Crippen molar-refractivity contribution in [3.05, 3.63) is 59.4 Å². The second-order valence-corrected chi connectivity index (χ2v) is 7.38. The van der Waals surface area contributed by atoms with Crippen molar-refractivity contribution in [2.45, 2.75) is 30.8 Å². The van der Waals surface area contributed by atoms with E-state index in [1.807, 2.05) is 0 Å². The molecule has 1 atom stereocenters. The number of ether oxygens (including phenoxy) is 1. The first-order valence-corrected chi connectivity index (χ1v) is 9.58. The van der Waals surface area contributed by atoms with E-state index in [0.29, 0.717) is 38.0 Å². The molecular formula is C22H23FN4O3. The van der Waals surface area contributed by atoms with Gasteiger partial charge in [-0.15, -0.1) is 0 Å². The van der Waals surface area contributed by atoms with Crippen LogP contribution in [-0.2, 0) is 16.0 Å². The largest absolute Gasteiger partial charge is 0.381 e. The lowest BCUT2D eigenvalue weighted by molar-refractivity contribution is -0.130. The molecule has 0 saturated carbocycles. The van der Waals surface area contributed by atoms with Crippen molar-refractivity contribution in [3.63, 3.8) is 0 Å². The predicted molar refractivity (Wildman–Crippen MR) is 109 cm³/mol. The SMILES string of the molecule is N#C[C@H](Cc1ccc(-c2ccc(C(N)=O)c(F)c2)cc1)NC(=O)C1(N)CCOCC1. The molecule has 2 amide bonds. The molecule has 3 rings (SSSR count). The van der Waals surface area contributed by atoms with Crippen molar-refractivity contribution in [1.29, 1.82) is 5.26 Å². The van der Waals surface area contributed by atoms with E-state index < -0.39 is 23.3 Å². The first-order valence-electron chi connectivity index (χ1n) is 9.58. The smallest absolute Gasteiger partial charge is 0.251 e. The lowest BCUT2D eigenvalue weighted by Gasteiger charge is -2.32. The van der Waals surface area contributed by atoms with Gasteiger partial charge in [-0.2, -0.15) is 5.26 Å². The molecule has 0 unspecified atom stereocenters. The van der Waals surface area contributed by atoms with Crippen LogP contribution in [0.15, 0.2) is 42.5 Å². The number of primary amides is 1. The van der Waals surface area contributed by atoms with Crippen LogP contribution in [-0.4, -0.2) is 36.6 Å². The first-order chi connectivity index (χ1) is 14.3. The molecule has 8 heteroatoms. The average Bonchev–Trinajstić information content (AvgIpc) is 2.74. The van der Waals surface area contributed by atoms with Crippen LogP contribution in [0, 0.1) is 17.1 Å².